The first-order chi connectivity index (χ1) is 15.9. The van der Waals surface area contributed by atoms with Gasteiger partial charge in [-0.2, -0.15) is 0 Å². The number of hydrogen-bond donors (Lipinski definition) is 2. The highest BCUT2D eigenvalue weighted by atomic mass is 16.2. The molecule has 0 aliphatic heterocycles. The minimum atomic E-state index is -0.499. The third kappa shape index (κ3) is 4.69. The van der Waals surface area contributed by atoms with Crippen molar-refractivity contribution in [2.24, 2.45) is 0 Å². The summed E-state index contributed by atoms with van der Waals surface area (Å²) in [4.78, 5) is 51.2. The molecule has 2 heterocycles. The Morgan fingerprint density at radius 1 is 1.15 bits per heavy atom. The first kappa shape index (κ1) is 22.8. The largest absolute Gasteiger partial charge is 0.354 e. The molecule has 2 amide bonds. The summed E-state index contributed by atoms with van der Waals surface area (Å²) in [6.07, 6.45) is 4.92. The lowest BCUT2D eigenvalue weighted by Gasteiger charge is -2.13. The maximum atomic E-state index is 13.2. The van der Waals surface area contributed by atoms with Crippen molar-refractivity contribution in [1.29, 1.82) is 0 Å². The summed E-state index contributed by atoms with van der Waals surface area (Å²) in [5.41, 5.74) is -0.409. The summed E-state index contributed by atoms with van der Waals surface area (Å²) < 4.78 is 3.76. The van der Waals surface area contributed by atoms with Gasteiger partial charge in [-0.3, -0.25) is 19.0 Å². The minimum Gasteiger partial charge on any atom is -0.354 e. The molecule has 4 rings (SSSR count). The van der Waals surface area contributed by atoms with Crippen LogP contribution in [0.1, 0.15) is 52.4 Å². The van der Waals surface area contributed by atoms with Crippen LogP contribution < -0.4 is 21.9 Å². The quantitative estimate of drug-likeness (QED) is 0.530. The van der Waals surface area contributed by atoms with Crippen molar-refractivity contribution in [3.8, 4) is 0 Å². The molecular formula is C23H30N6O4. The van der Waals surface area contributed by atoms with Gasteiger partial charge in [0.15, 0.2) is 0 Å². The summed E-state index contributed by atoms with van der Waals surface area (Å²) in [5, 5.41) is 10.5. The molecule has 176 valence electrons. The number of hydrogen-bond acceptors (Lipinski definition) is 5. The number of aromatic nitrogens is 4. The number of fused-ring (bicyclic) bond motifs is 3. The van der Waals surface area contributed by atoms with Crippen LogP contribution in [-0.2, 0) is 22.7 Å². The number of aryl methyl sites for hydroxylation is 1. The monoisotopic (exact) mass is 454 g/mol. The second-order valence-corrected chi connectivity index (χ2v) is 8.73. The molecule has 2 aromatic heterocycles. The third-order valence-electron chi connectivity index (χ3n) is 6.28. The molecule has 1 saturated carbocycles. The Morgan fingerprint density at radius 2 is 1.88 bits per heavy atom. The predicted molar refractivity (Wildman–Crippen MR) is 124 cm³/mol. The lowest BCUT2D eigenvalue weighted by Crippen LogP contribution is -2.37. The Hall–Kier alpha value is -3.43. The molecule has 33 heavy (non-hydrogen) atoms. The zero-order valence-electron chi connectivity index (χ0n) is 19.0. The summed E-state index contributed by atoms with van der Waals surface area (Å²) in [6.45, 7) is 3.73. The van der Waals surface area contributed by atoms with E-state index in [1.165, 1.54) is 8.97 Å². The van der Waals surface area contributed by atoms with Gasteiger partial charge < -0.3 is 10.6 Å². The van der Waals surface area contributed by atoms with Gasteiger partial charge in [-0.15, -0.1) is 5.10 Å². The fraction of sp³-hybridized carbons (Fsp3) is 0.522. The van der Waals surface area contributed by atoms with Crippen LogP contribution in [0.4, 0.5) is 0 Å². The van der Waals surface area contributed by atoms with Crippen LogP contribution in [0.25, 0.3) is 16.7 Å². The van der Waals surface area contributed by atoms with Crippen molar-refractivity contribution in [3.63, 3.8) is 0 Å². The predicted octanol–water partition coefficient (Wildman–Crippen LogP) is 1.17. The van der Waals surface area contributed by atoms with Crippen LogP contribution in [0.2, 0.25) is 0 Å². The molecule has 1 atom stereocenters. The molecule has 3 aromatic rings. The van der Waals surface area contributed by atoms with Crippen LogP contribution >= 0.6 is 0 Å². The van der Waals surface area contributed by atoms with Crippen LogP contribution in [0.15, 0.2) is 33.9 Å². The first-order valence-electron chi connectivity index (χ1n) is 11.6. The molecule has 0 saturated heterocycles. The van der Waals surface area contributed by atoms with E-state index < -0.39 is 5.69 Å². The van der Waals surface area contributed by atoms with Gasteiger partial charge in [0.2, 0.25) is 17.6 Å². The minimum absolute atomic E-state index is 0.0334. The Labute approximate surface area is 190 Å². The third-order valence-corrected chi connectivity index (χ3v) is 6.28. The van der Waals surface area contributed by atoms with Crippen molar-refractivity contribution in [3.05, 3.63) is 45.1 Å². The normalized spacial score (nSPS) is 15.2. The highest BCUT2D eigenvalue weighted by Crippen LogP contribution is 2.17. The highest BCUT2D eigenvalue weighted by molar-refractivity contribution is 5.80. The summed E-state index contributed by atoms with van der Waals surface area (Å²) in [5.74, 6) is -0.340. The van der Waals surface area contributed by atoms with Crippen LogP contribution in [-0.4, -0.2) is 42.6 Å². The van der Waals surface area contributed by atoms with Crippen molar-refractivity contribution >= 4 is 28.5 Å². The average molecular weight is 455 g/mol. The Bertz CT molecular complexity index is 1300. The molecule has 1 fully saturated rings. The van der Waals surface area contributed by atoms with E-state index in [-0.39, 0.29) is 54.7 Å². The van der Waals surface area contributed by atoms with E-state index in [4.69, 9.17) is 0 Å². The Morgan fingerprint density at radius 3 is 2.61 bits per heavy atom. The first-order valence-corrected chi connectivity index (χ1v) is 11.6. The van der Waals surface area contributed by atoms with E-state index >= 15 is 0 Å². The second kappa shape index (κ2) is 9.60. The molecule has 0 spiro atoms. The molecule has 10 heteroatoms. The van der Waals surface area contributed by atoms with Gasteiger partial charge in [0.05, 0.1) is 10.9 Å². The smallest absolute Gasteiger partial charge is 0.352 e. The van der Waals surface area contributed by atoms with E-state index in [1.807, 2.05) is 13.8 Å². The van der Waals surface area contributed by atoms with E-state index in [9.17, 15) is 19.2 Å². The lowest BCUT2D eigenvalue weighted by atomic mass is 10.2. The number of rotatable bonds is 8. The van der Waals surface area contributed by atoms with Gasteiger partial charge in [0.1, 0.15) is 6.54 Å². The summed E-state index contributed by atoms with van der Waals surface area (Å²) in [6, 6.07) is 6.94. The maximum Gasteiger partial charge on any atom is 0.352 e. The van der Waals surface area contributed by atoms with E-state index in [2.05, 4.69) is 15.7 Å². The van der Waals surface area contributed by atoms with Crippen LogP contribution in [0, 0.1) is 0 Å². The summed E-state index contributed by atoms with van der Waals surface area (Å²) in [7, 11) is 0. The second-order valence-electron chi connectivity index (χ2n) is 8.73. The van der Waals surface area contributed by atoms with Gasteiger partial charge >= 0.3 is 5.69 Å². The van der Waals surface area contributed by atoms with Gasteiger partial charge in [-0.25, -0.2) is 13.9 Å². The Kier molecular flexibility index (Phi) is 6.62. The molecule has 1 unspecified atom stereocenters. The fourth-order valence-corrected chi connectivity index (χ4v) is 4.31. The number of amides is 2. The molecule has 0 bridgehead atoms. The standard InChI is InChI=1S/C23H30N6O4/c1-3-15(2)24-19(30)12-13-27-21(32)17-10-6-7-11-18(17)29-22(27)26-28(23(29)33)14-20(31)25-16-8-4-5-9-16/h6-7,10-11,15-16H,3-5,8-9,12-14H2,1-2H3,(H,24,30)(H,25,31). The van der Waals surface area contributed by atoms with E-state index in [1.54, 1.807) is 24.3 Å². The van der Waals surface area contributed by atoms with Crippen LogP contribution in [0.5, 0.6) is 0 Å². The molecule has 1 aromatic carbocycles. The molecule has 10 nitrogen and oxygen atoms in total. The number of nitrogens with zero attached hydrogens (tertiary/aromatic N) is 4. The highest BCUT2D eigenvalue weighted by Gasteiger charge is 2.21. The van der Waals surface area contributed by atoms with Crippen molar-refractivity contribution in [2.45, 2.75) is 77.5 Å². The number of para-hydroxylation sites is 1. The number of benzene rings is 1. The van der Waals surface area contributed by atoms with Crippen molar-refractivity contribution < 1.29 is 9.59 Å². The molecular weight excluding hydrogens is 424 g/mol. The summed E-state index contributed by atoms with van der Waals surface area (Å²) >= 11 is 0. The zero-order chi connectivity index (χ0) is 23.5. The molecule has 1 aliphatic carbocycles. The van der Waals surface area contributed by atoms with Crippen LogP contribution in [0.3, 0.4) is 0 Å². The topological polar surface area (TPSA) is 120 Å². The van der Waals surface area contributed by atoms with E-state index in [0.717, 1.165) is 36.8 Å². The number of nitrogens with one attached hydrogen (secondary N) is 2. The van der Waals surface area contributed by atoms with Crippen molar-refractivity contribution in [2.75, 3.05) is 0 Å². The zero-order valence-corrected chi connectivity index (χ0v) is 19.0. The van der Waals surface area contributed by atoms with Crippen molar-refractivity contribution in [1.82, 2.24) is 29.4 Å². The fourth-order valence-electron chi connectivity index (χ4n) is 4.31. The van der Waals surface area contributed by atoms with Gasteiger partial charge in [0.25, 0.3) is 5.56 Å². The molecule has 1 aliphatic rings. The number of carbonyl (C=O) groups is 2. The van der Waals surface area contributed by atoms with Gasteiger partial charge in [-0.05, 0) is 38.3 Å². The average Bonchev–Trinajstić information content (AvgIpc) is 3.41. The maximum absolute atomic E-state index is 13.2. The lowest BCUT2D eigenvalue weighted by molar-refractivity contribution is -0.123. The van der Waals surface area contributed by atoms with E-state index in [0.29, 0.717) is 10.9 Å². The van der Waals surface area contributed by atoms with Gasteiger partial charge in [-0.1, -0.05) is 31.9 Å². The number of carbonyl (C=O) groups excluding carboxylic acids is 2. The Balaban J connectivity index is 1.70. The molecule has 0 radical (unpaired) electrons. The SMILES string of the molecule is CCC(C)NC(=O)CCn1c(=O)c2ccccc2n2c(=O)n(CC(=O)NC3CCCC3)nc12. The molecule has 2 N–H and O–H groups in total. The van der Waals surface area contributed by atoms with Gasteiger partial charge in [0, 0.05) is 25.0 Å².